The number of anilines is 1. The molecule has 7 heteroatoms. The number of amides is 1. The molecule has 0 saturated carbocycles. The monoisotopic (exact) mass is 292 g/mol. The van der Waals surface area contributed by atoms with Crippen LogP contribution in [0.3, 0.4) is 0 Å². The van der Waals surface area contributed by atoms with Crippen LogP contribution in [0.25, 0.3) is 0 Å². The van der Waals surface area contributed by atoms with E-state index in [-0.39, 0.29) is 22.6 Å². The number of aromatic hydroxyl groups is 1. The summed E-state index contributed by atoms with van der Waals surface area (Å²) >= 11 is 5.78. The third-order valence-corrected chi connectivity index (χ3v) is 2.68. The molecular formula is C13H9ClN2O4. The Balaban J connectivity index is 2.32. The Hall–Kier alpha value is -2.60. The minimum Gasteiger partial charge on any atom is -0.506 e. The van der Waals surface area contributed by atoms with Gasteiger partial charge in [-0.15, -0.1) is 0 Å². The molecule has 0 radical (unpaired) electrons. The molecule has 0 fully saturated rings. The van der Waals surface area contributed by atoms with Gasteiger partial charge in [0.2, 0.25) is 0 Å². The largest absolute Gasteiger partial charge is 0.506 e. The molecule has 20 heavy (non-hydrogen) atoms. The molecule has 2 rings (SSSR count). The highest BCUT2D eigenvalue weighted by Gasteiger charge is 2.14. The molecule has 0 bridgehead atoms. The molecule has 0 saturated heterocycles. The predicted octanol–water partition coefficient (Wildman–Crippen LogP) is 2.39. The molecule has 0 aliphatic rings. The Bertz CT molecular complexity index is 688. The van der Waals surface area contributed by atoms with Crippen LogP contribution >= 0.6 is 11.6 Å². The maximum absolute atomic E-state index is 12.0. The van der Waals surface area contributed by atoms with Crippen LogP contribution in [0.4, 0.5) is 5.69 Å². The Kier molecular flexibility index (Phi) is 3.86. The van der Waals surface area contributed by atoms with Gasteiger partial charge in [-0.1, -0.05) is 11.6 Å². The van der Waals surface area contributed by atoms with E-state index in [2.05, 4.69) is 10.3 Å². The van der Waals surface area contributed by atoms with Crippen molar-refractivity contribution in [2.75, 3.05) is 5.32 Å². The smallest absolute Gasteiger partial charge is 0.337 e. The Morgan fingerprint density at radius 1 is 1.20 bits per heavy atom. The summed E-state index contributed by atoms with van der Waals surface area (Å²) in [5.74, 6) is -1.95. The van der Waals surface area contributed by atoms with Gasteiger partial charge in [-0.25, -0.2) is 4.79 Å². The van der Waals surface area contributed by atoms with Gasteiger partial charge < -0.3 is 15.5 Å². The molecule has 0 unspecified atom stereocenters. The molecular weight excluding hydrogens is 284 g/mol. The van der Waals surface area contributed by atoms with Crippen molar-refractivity contribution < 1.29 is 19.8 Å². The number of nitrogens with zero attached hydrogens (tertiary/aromatic N) is 1. The van der Waals surface area contributed by atoms with E-state index in [4.69, 9.17) is 16.7 Å². The predicted molar refractivity (Wildman–Crippen MR) is 72.3 cm³/mol. The number of aromatic carboxylic acids is 1. The van der Waals surface area contributed by atoms with Gasteiger partial charge in [-0.05, 0) is 24.3 Å². The highest BCUT2D eigenvalue weighted by molar-refractivity contribution is 6.31. The van der Waals surface area contributed by atoms with Crippen molar-refractivity contribution >= 4 is 29.2 Å². The molecule has 1 heterocycles. The van der Waals surface area contributed by atoms with Gasteiger partial charge in [0.1, 0.15) is 5.75 Å². The number of pyridine rings is 1. The summed E-state index contributed by atoms with van der Waals surface area (Å²) < 4.78 is 0. The van der Waals surface area contributed by atoms with Gasteiger partial charge in [0.05, 0.1) is 23.0 Å². The van der Waals surface area contributed by atoms with Crippen LogP contribution in [-0.2, 0) is 0 Å². The molecule has 102 valence electrons. The Morgan fingerprint density at radius 2 is 1.95 bits per heavy atom. The normalized spacial score (nSPS) is 10.1. The van der Waals surface area contributed by atoms with Crippen LogP contribution in [0.15, 0.2) is 36.7 Å². The van der Waals surface area contributed by atoms with E-state index in [1.165, 1.54) is 36.7 Å². The standard InChI is InChI=1S/C13H9ClN2O4/c14-8-1-2-10(13(19)20)11(4-8)16-12(18)7-3-9(17)6-15-5-7/h1-6,17H,(H,16,18)(H,19,20). The summed E-state index contributed by atoms with van der Waals surface area (Å²) in [5, 5.41) is 21.0. The first-order valence-electron chi connectivity index (χ1n) is 5.45. The van der Waals surface area contributed by atoms with Crippen molar-refractivity contribution in [3.05, 3.63) is 52.8 Å². The van der Waals surface area contributed by atoms with E-state index < -0.39 is 11.9 Å². The van der Waals surface area contributed by atoms with Crippen molar-refractivity contribution in [2.24, 2.45) is 0 Å². The van der Waals surface area contributed by atoms with Crippen LogP contribution in [0.2, 0.25) is 5.02 Å². The van der Waals surface area contributed by atoms with E-state index in [0.29, 0.717) is 5.02 Å². The van der Waals surface area contributed by atoms with Crippen LogP contribution in [0.5, 0.6) is 5.75 Å². The number of benzene rings is 1. The maximum Gasteiger partial charge on any atom is 0.337 e. The topological polar surface area (TPSA) is 99.5 Å². The lowest BCUT2D eigenvalue weighted by atomic mass is 10.1. The minimum absolute atomic E-state index is 0.0679. The van der Waals surface area contributed by atoms with Crippen molar-refractivity contribution in [3.63, 3.8) is 0 Å². The average Bonchev–Trinajstić information content (AvgIpc) is 2.38. The Labute approximate surface area is 118 Å². The third kappa shape index (κ3) is 3.04. The minimum atomic E-state index is -1.19. The molecule has 1 aromatic carbocycles. The number of carboxylic acid groups (broad SMARTS) is 1. The van der Waals surface area contributed by atoms with Gasteiger partial charge in [0.15, 0.2) is 0 Å². The van der Waals surface area contributed by atoms with Crippen molar-refractivity contribution in [3.8, 4) is 5.75 Å². The number of nitrogens with one attached hydrogen (secondary N) is 1. The number of halogens is 1. The van der Waals surface area contributed by atoms with Crippen molar-refractivity contribution in [1.29, 1.82) is 0 Å². The first-order valence-corrected chi connectivity index (χ1v) is 5.83. The lowest BCUT2D eigenvalue weighted by Gasteiger charge is -2.09. The lowest BCUT2D eigenvalue weighted by Crippen LogP contribution is -2.15. The number of hydrogen-bond acceptors (Lipinski definition) is 4. The molecule has 1 amide bonds. The summed E-state index contributed by atoms with van der Waals surface area (Å²) in [7, 11) is 0. The molecule has 0 spiro atoms. The summed E-state index contributed by atoms with van der Waals surface area (Å²) in [6, 6.07) is 5.25. The van der Waals surface area contributed by atoms with Crippen LogP contribution in [0, 0.1) is 0 Å². The number of carbonyl (C=O) groups excluding carboxylic acids is 1. The van der Waals surface area contributed by atoms with Gasteiger partial charge in [-0.2, -0.15) is 0 Å². The zero-order valence-electron chi connectivity index (χ0n) is 10.0. The summed E-state index contributed by atoms with van der Waals surface area (Å²) in [6.45, 7) is 0. The number of carbonyl (C=O) groups is 2. The average molecular weight is 293 g/mol. The molecule has 0 aliphatic carbocycles. The van der Waals surface area contributed by atoms with Crippen LogP contribution < -0.4 is 5.32 Å². The molecule has 0 atom stereocenters. The van der Waals surface area contributed by atoms with Gasteiger partial charge in [0, 0.05) is 11.2 Å². The third-order valence-electron chi connectivity index (χ3n) is 2.45. The SMILES string of the molecule is O=C(Nc1cc(Cl)ccc1C(=O)O)c1cncc(O)c1. The highest BCUT2D eigenvalue weighted by atomic mass is 35.5. The number of aromatic nitrogens is 1. The highest BCUT2D eigenvalue weighted by Crippen LogP contribution is 2.22. The Morgan fingerprint density at radius 3 is 2.60 bits per heavy atom. The molecule has 3 N–H and O–H groups in total. The second-order valence-corrected chi connectivity index (χ2v) is 4.32. The number of rotatable bonds is 3. The van der Waals surface area contributed by atoms with Crippen molar-refractivity contribution in [1.82, 2.24) is 4.98 Å². The van der Waals surface area contributed by atoms with E-state index in [1.54, 1.807) is 0 Å². The zero-order chi connectivity index (χ0) is 14.7. The summed E-state index contributed by atoms with van der Waals surface area (Å²) in [6.07, 6.45) is 2.43. The fourth-order valence-electron chi connectivity index (χ4n) is 1.55. The van der Waals surface area contributed by atoms with Gasteiger partial charge in [0.25, 0.3) is 5.91 Å². The first-order chi connectivity index (χ1) is 9.47. The van der Waals surface area contributed by atoms with Gasteiger partial charge >= 0.3 is 5.97 Å². The van der Waals surface area contributed by atoms with E-state index >= 15 is 0 Å². The second-order valence-electron chi connectivity index (χ2n) is 3.88. The summed E-state index contributed by atoms with van der Waals surface area (Å²) in [5.41, 5.74) is 0.0792. The molecule has 1 aromatic heterocycles. The molecule has 0 aliphatic heterocycles. The van der Waals surface area contributed by atoms with E-state index in [9.17, 15) is 14.7 Å². The van der Waals surface area contributed by atoms with E-state index in [0.717, 1.165) is 0 Å². The van der Waals surface area contributed by atoms with Gasteiger partial charge in [-0.3, -0.25) is 9.78 Å². The van der Waals surface area contributed by atoms with Crippen LogP contribution in [0.1, 0.15) is 20.7 Å². The summed E-state index contributed by atoms with van der Waals surface area (Å²) in [4.78, 5) is 26.7. The molecule has 6 nitrogen and oxygen atoms in total. The fourth-order valence-corrected chi connectivity index (χ4v) is 1.72. The van der Waals surface area contributed by atoms with E-state index in [1.807, 2.05) is 0 Å². The second kappa shape index (κ2) is 5.58. The van der Waals surface area contributed by atoms with Crippen LogP contribution in [-0.4, -0.2) is 27.1 Å². The number of carboxylic acids is 1. The maximum atomic E-state index is 12.0. The molecule has 2 aromatic rings. The quantitative estimate of drug-likeness (QED) is 0.806. The number of hydrogen-bond donors (Lipinski definition) is 3. The zero-order valence-corrected chi connectivity index (χ0v) is 10.8. The fraction of sp³-hybridized carbons (Fsp3) is 0. The van der Waals surface area contributed by atoms with Crippen molar-refractivity contribution in [2.45, 2.75) is 0 Å². The lowest BCUT2D eigenvalue weighted by molar-refractivity contribution is 0.0698. The first kappa shape index (κ1) is 13.8.